The van der Waals surface area contributed by atoms with Gasteiger partial charge in [0.2, 0.25) is 0 Å². The van der Waals surface area contributed by atoms with Crippen molar-refractivity contribution in [1.82, 2.24) is 5.32 Å². The number of carbonyl (C=O) groups is 1. The fourth-order valence-electron chi connectivity index (χ4n) is 4.08. The molecule has 1 amide bonds. The lowest BCUT2D eigenvalue weighted by Gasteiger charge is -2.28. The van der Waals surface area contributed by atoms with Crippen LogP contribution in [0.3, 0.4) is 0 Å². The Bertz CT molecular complexity index is 855. The summed E-state index contributed by atoms with van der Waals surface area (Å²) >= 11 is 6.21. The third-order valence-corrected chi connectivity index (χ3v) is 5.85. The molecule has 0 atom stereocenters. The lowest BCUT2D eigenvalue weighted by Crippen LogP contribution is -2.31. The van der Waals surface area contributed by atoms with E-state index in [0.29, 0.717) is 16.5 Å². The molecule has 1 aliphatic carbocycles. The van der Waals surface area contributed by atoms with Crippen LogP contribution in [0.5, 0.6) is 0 Å². The minimum absolute atomic E-state index is 0.0367. The molecule has 1 saturated carbocycles. The van der Waals surface area contributed by atoms with E-state index in [1.807, 2.05) is 24.4 Å². The van der Waals surface area contributed by atoms with Crippen LogP contribution in [0.25, 0.3) is 6.08 Å². The topological polar surface area (TPSA) is 32.3 Å². The van der Waals surface area contributed by atoms with Gasteiger partial charge in [-0.05, 0) is 54.2 Å². The van der Waals surface area contributed by atoms with Crippen molar-refractivity contribution < 1.29 is 4.79 Å². The summed E-state index contributed by atoms with van der Waals surface area (Å²) < 4.78 is 0. The number of benzene rings is 2. The zero-order valence-electron chi connectivity index (χ0n) is 15.5. The van der Waals surface area contributed by atoms with Gasteiger partial charge < -0.3 is 10.2 Å². The summed E-state index contributed by atoms with van der Waals surface area (Å²) in [6, 6.07) is 13.9. The average Bonchev–Trinajstić information content (AvgIpc) is 2.72. The van der Waals surface area contributed by atoms with Gasteiger partial charge in [0.1, 0.15) is 0 Å². The van der Waals surface area contributed by atoms with Gasteiger partial charge in [-0.1, -0.05) is 55.1 Å². The van der Waals surface area contributed by atoms with E-state index in [0.717, 1.165) is 18.8 Å². The lowest BCUT2D eigenvalue weighted by atomic mass is 9.89. The summed E-state index contributed by atoms with van der Waals surface area (Å²) in [6.07, 6.45) is 10.5. The number of halogens is 1. The summed E-state index contributed by atoms with van der Waals surface area (Å²) in [4.78, 5) is 15.0. The van der Waals surface area contributed by atoms with Crippen LogP contribution in [0.1, 0.15) is 53.6 Å². The molecule has 4 rings (SSSR count). The summed E-state index contributed by atoms with van der Waals surface area (Å²) in [5.74, 6) is 0.567. The first-order chi connectivity index (χ1) is 13.2. The SMILES string of the molecule is O=C(NCC1CCCCC1)c1cc(Cl)ccc1N1C=Cc2ccccc2C1. The number of hydrogen-bond acceptors (Lipinski definition) is 2. The van der Waals surface area contributed by atoms with Gasteiger partial charge in [-0.15, -0.1) is 0 Å². The number of nitrogens with one attached hydrogen (secondary N) is 1. The maximum Gasteiger partial charge on any atom is 0.253 e. The third kappa shape index (κ3) is 4.19. The fourth-order valence-corrected chi connectivity index (χ4v) is 4.25. The maximum absolute atomic E-state index is 12.9. The minimum atomic E-state index is -0.0367. The Morgan fingerprint density at radius 2 is 1.93 bits per heavy atom. The van der Waals surface area contributed by atoms with Crippen molar-refractivity contribution in [1.29, 1.82) is 0 Å². The first-order valence-corrected chi connectivity index (χ1v) is 10.2. The monoisotopic (exact) mass is 380 g/mol. The van der Waals surface area contributed by atoms with Crippen LogP contribution < -0.4 is 10.2 Å². The molecule has 1 N–H and O–H groups in total. The van der Waals surface area contributed by atoms with E-state index in [9.17, 15) is 4.79 Å². The number of nitrogens with zero attached hydrogens (tertiary/aromatic N) is 1. The Hall–Kier alpha value is -2.26. The van der Waals surface area contributed by atoms with Gasteiger partial charge in [0, 0.05) is 24.3 Å². The van der Waals surface area contributed by atoms with Gasteiger partial charge in [-0.2, -0.15) is 0 Å². The highest BCUT2D eigenvalue weighted by Crippen LogP contribution is 2.30. The zero-order chi connectivity index (χ0) is 18.6. The summed E-state index contributed by atoms with van der Waals surface area (Å²) in [7, 11) is 0. The molecule has 0 spiro atoms. The second kappa shape index (κ2) is 8.18. The van der Waals surface area contributed by atoms with Gasteiger partial charge in [-0.25, -0.2) is 0 Å². The fraction of sp³-hybridized carbons (Fsp3) is 0.348. The molecule has 1 aliphatic heterocycles. The van der Waals surface area contributed by atoms with Crippen LogP contribution in [-0.2, 0) is 6.54 Å². The van der Waals surface area contributed by atoms with Crippen molar-refractivity contribution in [3.8, 4) is 0 Å². The molecule has 0 radical (unpaired) electrons. The molecule has 0 saturated heterocycles. The average molecular weight is 381 g/mol. The Morgan fingerprint density at radius 1 is 1.11 bits per heavy atom. The number of amides is 1. The summed E-state index contributed by atoms with van der Waals surface area (Å²) in [5.41, 5.74) is 4.02. The Morgan fingerprint density at radius 3 is 2.78 bits per heavy atom. The molecule has 2 aliphatic rings. The van der Waals surface area contributed by atoms with E-state index in [1.165, 1.54) is 43.2 Å². The van der Waals surface area contributed by atoms with E-state index in [4.69, 9.17) is 11.6 Å². The van der Waals surface area contributed by atoms with Crippen LogP contribution in [0, 0.1) is 5.92 Å². The largest absolute Gasteiger partial charge is 0.352 e. The van der Waals surface area contributed by atoms with Crippen molar-refractivity contribution in [2.45, 2.75) is 38.6 Å². The molecule has 0 unspecified atom stereocenters. The number of carbonyl (C=O) groups excluding carboxylic acids is 1. The molecule has 2 aromatic carbocycles. The van der Waals surface area contributed by atoms with E-state index in [-0.39, 0.29) is 5.91 Å². The highest BCUT2D eigenvalue weighted by molar-refractivity contribution is 6.31. The molecular formula is C23H25ClN2O. The van der Waals surface area contributed by atoms with Crippen LogP contribution in [0.4, 0.5) is 5.69 Å². The number of fused-ring (bicyclic) bond motifs is 1. The normalized spacial score (nSPS) is 16.9. The molecule has 0 bridgehead atoms. The highest BCUT2D eigenvalue weighted by atomic mass is 35.5. The van der Waals surface area contributed by atoms with Crippen molar-refractivity contribution in [2.24, 2.45) is 5.92 Å². The second-order valence-corrected chi connectivity index (χ2v) is 7.95. The summed E-state index contributed by atoms with van der Waals surface area (Å²) in [6.45, 7) is 1.50. The molecule has 1 fully saturated rings. The van der Waals surface area contributed by atoms with E-state index in [1.54, 1.807) is 6.07 Å². The Labute approximate surface area is 166 Å². The zero-order valence-corrected chi connectivity index (χ0v) is 16.2. The first kappa shape index (κ1) is 18.1. The van der Waals surface area contributed by atoms with Gasteiger partial charge in [0.15, 0.2) is 0 Å². The van der Waals surface area contributed by atoms with Crippen molar-refractivity contribution in [2.75, 3.05) is 11.4 Å². The predicted octanol–water partition coefficient (Wildman–Crippen LogP) is 5.64. The quantitative estimate of drug-likeness (QED) is 0.744. The smallest absolute Gasteiger partial charge is 0.253 e. The molecule has 0 aromatic heterocycles. The number of rotatable bonds is 4. The van der Waals surface area contributed by atoms with Gasteiger partial charge in [-0.3, -0.25) is 4.79 Å². The van der Waals surface area contributed by atoms with Crippen LogP contribution in [0.15, 0.2) is 48.7 Å². The Balaban J connectivity index is 1.53. The molecule has 2 aromatic rings. The summed E-state index contributed by atoms with van der Waals surface area (Å²) in [5, 5.41) is 3.73. The number of hydrogen-bond donors (Lipinski definition) is 1. The van der Waals surface area contributed by atoms with Crippen molar-refractivity contribution in [3.05, 3.63) is 70.4 Å². The molecule has 3 nitrogen and oxygen atoms in total. The van der Waals surface area contributed by atoms with E-state index >= 15 is 0 Å². The highest BCUT2D eigenvalue weighted by Gasteiger charge is 2.20. The van der Waals surface area contributed by atoms with Crippen molar-refractivity contribution in [3.63, 3.8) is 0 Å². The molecule has 4 heteroatoms. The molecule has 1 heterocycles. The van der Waals surface area contributed by atoms with Crippen LogP contribution >= 0.6 is 11.6 Å². The second-order valence-electron chi connectivity index (χ2n) is 7.52. The standard InChI is InChI=1S/C23H25ClN2O/c24-20-10-11-22(26-13-12-18-8-4-5-9-19(18)16-26)21(14-20)23(27)25-15-17-6-2-1-3-7-17/h4-5,8-14,17H,1-3,6-7,15-16H2,(H,25,27). The predicted molar refractivity (Wildman–Crippen MR) is 112 cm³/mol. The lowest BCUT2D eigenvalue weighted by molar-refractivity contribution is 0.0944. The maximum atomic E-state index is 12.9. The van der Waals surface area contributed by atoms with Crippen molar-refractivity contribution >= 4 is 29.3 Å². The van der Waals surface area contributed by atoms with Gasteiger partial charge in [0.05, 0.1) is 11.3 Å². The third-order valence-electron chi connectivity index (χ3n) is 5.62. The van der Waals surface area contributed by atoms with Gasteiger partial charge >= 0.3 is 0 Å². The van der Waals surface area contributed by atoms with Crippen LogP contribution in [0.2, 0.25) is 5.02 Å². The van der Waals surface area contributed by atoms with Gasteiger partial charge in [0.25, 0.3) is 5.91 Å². The van der Waals surface area contributed by atoms with E-state index in [2.05, 4.69) is 34.5 Å². The first-order valence-electron chi connectivity index (χ1n) is 9.81. The molecule has 140 valence electrons. The van der Waals surface area contributed by atoms with Crippen LogP contribution in [-0.4, -0.2) is 12.5 Å². The van der Waals surface area contributed by atoms with E-state index < -0.39 is 0 Å². The molecular weight excluding hydrogens is 356 g/mol. The number of anilines is 1. The Kier molecular flexibility index (Phi) is 5.49. The minimum Gasteiger partial charge on any atom is -0.352 e. The molecule has 27 heavy (non-hydrogen) atoms.